The van der Waals surface area contributed by atoms with E-state index < -0.39 is 11.7 Å². The molecule has 5 rings (SSSR count). The summed E-state index contributed by atoms with van der Waals surface area (Å²) in [7, 11) is 0. The maximum Gasteiger partial charge on any atom is 0.416 e. The number of nitrogens with zero attached hydrogens (tertiary/aromatic N) is 3. The molecule has 36 heavy (non-hydrogen) atoms. The van der Waals surface area contributed by atoms with Crippen LogP contribution in [0.5, 0.6) is 0 Å². The molecule has 2 aromatic carbocycles. The molecule has 6 nitrogen and oxygen atoms in total. The molecule has 0 saturated carbocycles. The van der Waals surface area contributed by atoms with Crippen molar-refractivity contribution in [1.82, 2.24) is 20.0 Å². The second-order valence-electron chi connectivity index (χ2n) is 9.40. The maximum absolute atomic E-state index is 13.6. The van der Waals surface area contributed by atoms with Gasteiger partial charge in [-0.3, -0.25) is 14.7 Å². The molecule has 0 spiro atoms. The number of piperidine rings is 1. The molecule has 2 fully saturated rings. The normalized spacial score (nSPS) is 18.6. The summed E-state index contributed by atoms with van der Waals surface area (Å²) in [5.74, 6) is 0.0279. The lowest BCUT2D eigenvalue weighted by Gasteiger charge is -2.36. The van der Waals surface area contributed by atoms with Crippen LogP contribution >= 0.6 is 0 Å². The Morgan fingerprint density at radius 2 is 1.86 bits per heavy atom. The van der Waals surface area contributed by atoms with Crippen LogP contribution in [0.4, 0.5) is 13.2 Å². The van der Waals surface area contributed by atoms with Crippen LogP contribution in [0.1, 0.15) is 65.3 Å². The van der Waals surface area contributed by atoms with Crippen molar-refractivity contribution in [3.63, 3.8) is 0 Å². The highest BCUT2D eigenvalue weighted by molar-refractivity contribution is 5.95. The SMILES string of the molecule is O=C1CCCN1Cc1cccc(C(=O)N2CCCC[C@@H]2c2[nH]ncc2-c2ccc(C(F)(F)F)cc2)c1. The van der Waals surface area contributed by atoms with Crippen molar-refractivity contribution in [3.8, 4) is 11.1 Å². The molecule has 0 aliphatic carbocycles. The number of aromatic amines is 1. The number of carbonyl (C=O) groups is 2. The van der Waals surface area contributed by atoms with E-state index in [1.807, 2.05) is 28.0 Å². The van der Waals surface area contributed by atoms with Crippen LogP contribution < -0.4 is 0 Å². The van der Waals surface area contributed by atoms with Gasteiger partial charge in [0.05, 0.1) is 23.5 Å². The van der Waals surface area contributed by atoms with Crippen LogP contribution in [0.2, 0.25) is 0 Å². The van der Waals surface area contributed by atoms with Gasteiger partial charge in [0.1, 0.15) is 0 Å². The Bertz CT molecular complexity index is 1250. The summed E-state index contributed by atoms with van der Waals surface area (Å²) in [6.45, 7) is 1.80. The van der Waals surface area contributed by atoms with Crippen LogP contribution in [-0.2, 0) is 17.5 Å². The highest BCUT2D eigenvalue weighted by Crippen LogP contribution is 2.37. The number of H-pyrrole nitrogens is 1. The Kier molecular flexibility index (Phi) is 6.55. The number of aromatic nitrogens is 2. The van der Waals surface area contributed by atoms with Gasteiger partial charge in [-0.1, -0.05) is 24.3 Å². The molecule has 9 heteroatoms. The summed E-state index contributed by atoms with van der Waals surface area (Å²) in [5, 5.41) is 7.18. The fraction of sp³-hybridized carbons (Fsp3) is 0.370. The van der Waals surface area contributed by atoms with E-state index in [2.05, 4.69) is 10.2 Å². The summed E-state index contributed by atoms with van der Waals surface area (Å²) in [5.41, 5.74) is 2.79. The van der Waals surface area contributed by atoms with Crippen LogP contribution in [0.15, 0.2) is 54.7 Å². The van der Waals surface area contributed by atoms with E-state index in [0.29, 0.717) is 36.2 Å². The van der Waals surface area contributed by atoms with Crippen molar-refractivity contribution in [2.45, 2.75) is 50.9 Å². The molecule has 2 amide bonds. The Balaban J connectivity index is 1.39. The minimum Gasteiger partial charge on any atom is -0.338 e. The number of amides is 2. The van der Waals surface area contributed by atoms with Gasteiger partial charge in [-0.25, -0.2) is 0 Å². The zero-order valence-corrected chi connectivity index (χ0v) is 19.7. The number of carbonyl (C=O) groups excluding carboxylic acids is 2. The van der Waals surface area contributed by atoms with Gasteiger partial charge in [-0.2, -0.15) is 18.3 Å². The van der Waals surface area contributed by atoms with E-state index in [1.54, 1.807) is 12.3 Å². The van der Waals surface area contributed by atoms with Crippen molar-refractivity contribution in [3.05, 3.63) is 77.1 Å². The minimum absolute atomic E-state index is 0.109. The van der Waals surface area contributed by atoms with Crippen molar-refractivity contribution in [2.75, 3.05) is 13.1 Å². The predicted octanol–water partition coefficient (Wildman–Crippen LogP) is 5.59. The molecule has 2 aliphatic rings. The molecule has 188 valence electrons. The Morgan fingerprint density at radius 3 is 2.58 bits per heavy atom. The number of halogens is 3. The lowest BCUT2D eigenvalue weighted by atomic mass is 9.93. The first-order chi connectivity index (χ1) is 17.3. The number of nitrogens with one attached hydrogen (secondary N) is 1. The molecule has 0 unspecified atom stereocenters. The average molecular weight is 497 g/mol. The number of hydrogen-bond acceptors (Lipinski definition) is 3. The molecule has 3 aromatic rings. The largest absolute Gasteiger partial charge is 0.416 e. The van der Waals surface area contributed by atoms with E-state index in [0.717, 1.165) is 55.6 Å². The molecular formula is C27H27F3N4O2. The lowest BCUT2D eigenvalue weighted by molar-refractivity contribution is -0.137. The zero-order chi connectivity index (χ0) is 25.3. The van der Waals surface area contributed by atoms with E-state index in [-0.39, 0.29) is 17.9 Å². The van der Waals surface area contributed by atoms with Gasteiger partial charge >= 0.3 is 6.18 Å². The number of hydrogen-bond donors (Lipinski definition) is 1. The number of alkyl halides is 3. The number of likely N-dealkylation sites (tertiary alicyclic amines) is 2. The van der Waals surface area contributed by atoms with Crippen molar-refractivity contribution < 1.29 is 22.8 Å². The summed E-state index contributed by atoms with van der Waals surface area (Å²) in [6.07, 6.45) is 1.15. The predicted molar refractivity (Wildman–Crippen MR) is 128 cm³/mol. The fourth-order valence-electron chi connectivity index (χ4n) is 5.15. The minimum atomic E-state index is -4.40. The molecule has 0 radical (unpaired) electrons. The fourth-order valence-corrected chi connectivity index (χ4v) is 5.15. The van der Waals surface area contributed by atoms with Crippen LogP contribution in [0.3, 0.4) is 0 Å². The first-order valence-electron chi connectivity index (χ1n) is 12.2. The molecule has 1 N–H and O–H groups in total. The highest BCUT2D eigenvalue weighted by atomic mass is 19.4. The monoisotopic (exact) mass is 496 g/mol. The standard InChI is InChI=1S/C27H27F3N4O2/c28-27(29,30)21-11-9-19(10-12-21)22-16-31-32-25(22)23-7-1-2-14-34(23)26(36)20-6-3-5-18(15-20)17-33-13-4-8-24(33)35/h3,5-6,9-12,15-16,23H,1-2,4,7-8,13-14,17H2,(H,31,32)/t23-/m1/s1. The molecule has 2 aliphatic heterocycles. The average Bonchev–Trinajstić information content (AvgIpc) is 3.53. The smallest absolute Gasteiger partial charge is 0.338 e. The van der Waals surface area contributed by atoms with Crippen molar-refractivity contribution in [1.29, 1.82) is 0 Å². The number of rotatable bonds is 5. The maximum atomic E-state index is 13.6. The van der Waals surface area contributed by atoms with Gasteiger partial charge in [-0.05, 0) is 61.1 Å². The highest BCUT2D eigenvalue weighted by Gasteiger charge is 2.33. The van der Waals surface area contributed by atoms with Crippen LogP contribution in [0, 0.1) is 0 Å². The topological polar surface area (TPSA) is 69.3 Å². The van der Waals surface area contributed by atoms with E-state index in [4.69, 9.17) is 0 Å². The van der Waals surface area contributed by atoms with Gasteiger partial charge in [0.15, 0.2) is 0 Å². The lowest BCUT2D eigenvalue weighted by Crippen LogP contribution is -2.39. The van der Waals surface area contributed by atoms with Gasteiger partial charge < -0.3 is 9.80 Å². The van der Waals surface area contributed by atoms with E-state index in [9.17, 15) is 22.8 Å². The van der Waals surface area contributed by atoms with Gasteiger partial charge in [0, 0.05) is 37.2 Å². The Labute approximate surface area is 207 Å². The van der Waals surface area contributed by atoms with Crippen molar-refractivity contribution >= 4 is 11.8 Å². The van der Waals surface area contributed by atoms with E-state index >= 15 is 0 Å². The Morgan fingerprint density at radius 1 is 1.06 bits per heavy atom. The second kappa shape index (κ2) is 9.79. The van der Waals surface area contributed by atoms with Crippen LogP contribution in [0.25, 0.3) is 11.1 Å². The third kappa shape index (κ3) is 4.87. The Hall–Kier alpha value is -3.62. The third-order valence-electron chi connectivity index (χ3n) is 7.01. The summed E-state index contributed by atoms with van der Waals surface area (Å²) in [4.78, 5) is 29.3. The van der Waals surface area contributed by atoms with Gasteiger partial charge in [0.25, 0.3) is 5.91 Å². The zero-order valence-electron chi connectivity index (χ0n) is 19.7. The second-order valence-corrected chi connectivity index (χ2v) is 9.40. The molecule has 1 aromatic heterocycles. The van der Waals surface area contributed by atoms with Crippen molar-refractivity contribution in [2.24, 2.45) is 0 Å². The molecule has 0 bridgehead atoms. The molecule has 3 heterocycles. The molecular weight excluding hydrogens is 469 g/mol. The van der Waals surface area contributed by atoms with Gasteiger partial charge in [0.2, 0.25) is 5.91 Å². The van der Waals surface area contributed by atoms with E-state index in [1.165, 1.54) is 12.1 Å². The first kappa shape index (κ1) is 24.1. The van der Waals surface area contributed by atoms with Gasteiger partial charge in [-0.15, -0.1) is 0 Å². The molecule has 1 atom stereocenters. The van der Waals surface area contributed by atoms with Crippen LogP contribution in [-0.4, -0.2) is 44.9 Å². The summed E-state index contributed by atoms with van der Waals surface area (Å²) < 4.78 is 39.0. The summed E-state index contributed by atoms with van der Waals surface area (Å²) in [6, 6.07) is 12.1. The molecule has 2 saturated heterocycles. The quantitative estimate of drug-likeness (QED) is 0.501. The number of benzene rings is 2. The first-order valence-corrected chi connectivity index (χ1v) is 12.2. The summed E-state index contributed by atoms with van der Waals surface area (Å²) >= 11 is 0. The third-order valence-corrected chi connectivity index (χ3v) is 7.01.